The van der Waals surface area contributed by atoms with Crippen LogP contribution in [0.4, 0.5) is 0 Å². The molecule has 15 heavy (non-hydrogen) atoms. The Balaban J connectivity index is 2.16. The van der Waals surface area contributed by atoms with Crippen LogP contribution < -0.4 is 11.3 Å². The average Bonchev–Trinajstić information content (AvgIpc) is 2.30. The summed E-state index contributed by atoms with van der Waals surface area (Å²) in [4.78, 5) is 0. The molecule has 0 aromatic heterocycles. The van der Waals surface area contributed by atoms with Crippen molar-refractivity contribution in [2.45, 2.75) is 37.6 Å². The number of halogens is 1. The van der Waals surface area contributed by atoms with Crippen molar-refractivity contribution in [2.75, 3.05) is 0 Å². The molecular formula is C12H17BrN2. The summed E-state index contributed by atoms with van der Waals surface area (Å²) in [6.45, 7) is 0. The quantitative estimate of drug-likeness (QED) is 0.640. The minimum Gasteiger partial charge on any atom is -0.271 e. The summed E-state index contributed by atoms with van der Waals surface area (Å²) in [6.07, 6.45) is 5.05. The molecule has 0 aliphatic heterocycles. The minimum absolute atomic E-state index is 0.444. The molecule has 0 saturated heterocycles. The summed E-state index contributed by atoms with van der Waals surface area (Å²) < 4.78 is 1.14. The molecule has 2 nitrogen and oxygen atoms in total. The highest BCUT2D eigenvalue weighted by molar-refractivity contribution is 9.10. The van der Waals surface area contributed by atoms with Crippen molar-refractivity contribution in [2.24, 2.45) is 5.84 Å². The predicted octanol–water partition coefficient (Wildman–Crippen LogP) is 2.94. The van der Waals surface area contributed by atoms with E-state index in [-0.39, 0.29) is 0 Å². The smallest absolute Gasteiger partial charge is 0.0279 e. The second kappa shape index (κ2) is 5.10. The molecule has 2 unspecified atom stereocenters. The second-order valence-corrected chi connectivity index (χ2v) is 5.13. The molecule has 1 aromatic carbocycles. The van der Waals surface area contributed by atoms with Crippen LogP contribution in [0.15, 0.2) is 28.7 Å². The van der Waals surface area contributed by atoms with Crippen LogP contribution in [0.3, 0.4) is 0 Å². The standard InChI is InChI=1S/C12H17BrN2/c13-10-7-5-9(6-8-10)11-3-1-2-4-12(11)15-14/h5-8,11-12,15H,1-4,14H2. The van der Waals surface area contributed by atoms with Gasteiger partial charge in [0.05, 0.1) is 0 Å². The van der Waals surface area contributed by atoms with Gasteiger partial charge in [-0.3, -0.25) is 11.3 Å². The lowest BCUT2D eigenvalue weighted by atomic mass is 9.80. The van der Waals surface area contributed by atoms with Crippen LogP contribution in [0, 0.1) is 0 Å². The van der Waals surface area contributed by atoms with Crippen molar-refractivity contribution >= 4 is 15.9 Å². The molecule has 1 aliphatic rings. The van der Waals surface area contributed by atoms with Gasteiger partial charge in [0.1, 0.15) is 0 Å². The van der Waals surface area contributed by atoms with Crippen molar-refractivity contribution in [1.29, 1.82) is 0 Å². The molecule has 0 amide bonds. The molecule has 1 fully saturated rings. The lowest BCUT2D eigenvalue weighted by molar-refractivity contribution is 0.331. The summed E-state index contributed by atoms with van der Waals surface area (Å²) >= 11 is 3.46. The molecule has 3 N–H and O–H groups in total. The Morgan fingerprint density at radius 2 is 1.80 bits per heavy atom. The van der Waals surface area contributed by atoms with Gasteiger partial charge in [-0.25, -0.2) is 0 Å². The Morgan fingerprint density at radius 1 is 1.13 bits per heavy atom. The average molecular weight is 269 g/mol. The van der Waals surface area contributed by atoms with Gasteiger partial charge >= 0.3 is 0 Å². The molecule has 0 radical (unpaired) electrons. The molecule has 2 atom stereocenters. The molecule has 1 saturated carbocycles. The van der Waals surface area contributed by atoms with Crippen LogP contribution in [0.5, 0.6) is 0 Å². The maximum atomic E-state index is 5.60. The van der Waals surface area contributed by atoms with Crippen LogP contribution in [-0.4, -0.2) is 6.04 Å². The van der Waals surface area contributed by atoms with E-state index in [1.807, 2.05) is 0 Å². The van der Waals surface area contributed by atoms with Gasteiger partial charge in [0.15, 0.2) is 0 Å². The van der Waals surface area contributed by atoms with E-state index in [4.69, 9.17) is 5.84 Å². The number of nitrogens with one attached hydrogen (secondary N) is 1. The number of benzene rings is 1. The van der Waals surface area contributed by atoms with E-state index in [1.165, 1.54) is 31.2 Å². The van der Waals surface area contributed by atoms with E-state index in [1.54, 1.807) is 0 Å². The van der Waals surface area contributed by atoms with Crippen LogP contribution >= 0.6 is 15.9 Å². The first-order valence-corrected chi connectivity index (χ1v) is 6.32. The Bertz CT molecular complexity index is 310. The van der Waals surface area contributed by atoms with Gasteiger partial charge in [-0.2, -0.15) is 0 Å². The van der Waals surface area contributed by atoms with Crippen LogP contribution in [-0.2, 0) is 0 Å². The van der Waals surface area contributed by atoms with E-state index in [9.17, 15) is 0 Å². The van der Waals surface area contributed by atoms with E-state index in [0.717, 1.165) is 4.47 Å². The third kappa shape index (κ3) is 2.60. The van der Waals surface area contributed by atoms with Gasteiger partial charge in [-0.1, -0.05) is 40.9 Å². The molecule has 1 aliphatic carbocycles. The molecule has 0 spiro atoms. The summed E-state index contributed by atoms with van der Waals surface area (Å²) in [5, 5.41) is 0. The highest BCUT2D eigenvalue weighted by Gasteiger charge is 2.25. The zero-order valence-corrected chi connectivity index (χ0v) is 10.3. The van der Waals surface area contributed by atoms with Crippen molar-refractivity contribution < 1.29 is 0 Å². The van der Waals surface area contributed by atoms with Crippen molar-refractivity contribution in [3.63, 3.8) is 0 Å². The fourth-order valence-corrected chi connectivity index (χ4v) is 2.70. The third-order valence-corrected chi connectivity index (χ3v) is 3.81. The van der Waals surface area contributed by atoms with Crippen LogP contribution in [0.2, 0.25) is 0 Å². The topological polar surface area (TPSA) is 38.0 Å². The third-order valence-electron chi connectivity index (χ3n) is 3.28. The first-order valence-electron chi connectivity index (χ1n) is 5.53. The molecule has 3 heteroatoms. The molecular weight excluding hydrogens is 252 g/mol. The predicted molar refractivity (Wildman–Crippen MR) is 66.5 cm³/mol. The largest absolute Gasteiger partial charge is 0.271 e. The van der Waals surface area contributed by atoms with E-state index in [0.29, 0.717) is 12.0 Å². The zero-order chi connectivity index (χ0) is 10.7. The number of nitrogens with two attached hydrogens (primary N) is 1. The Labute approximate surface area is 99.3 Å². The maximum Gasteiger partial charge on any atom is 0.0279 e. The fraction of sp³-hybridized carbons (Fsp3) is 0.500. The molecule has 0 bridgehead atoms. The van der Waals surface area contributed by atoms with Gasteiger partial charge < -0.3 is 0 Å². The molecule has 1 aromatic rings. The van der Waals surface area contributed by atoms with Crippen LogP contribution in [0.1, 0.15) is 37.2 Å². The molecule has 0 heterocycles. The number of hydrogen-bond acceptors (Lipinski definition) is 2. The Kier molecular flexibility index (Phi) is 3.78. The Hall–Kier alpha value is -0.380. The number of rotatable bonds is 2. The molecule has 2 rings (SSSR count). The maximum absolute atomic E-state index is 5.60. The first-order chi connectivity index (χ1) is 7.31. The summed E-state index contributed by atoms with van der Waals surface area (Å²) in [6, 6.07) is 9.06. The van der Waals surface area contributed by atoms with E-state index < -0.39 is 0 Å². The van der Waals surface area contributed by atoms with Gasteiger partial charge in [0.2, 0.25) is 0 Å². The lowest BCUT2D eigenvalue weighted by Gasteiger charge is -2.31. The lowest BCUT2D eigenvalue weighted by Crippen LogP contribution is -2.41. The van der Waals surface area contributed by atoms with Crippen LogP contribution in [0.25, 0.3) is 0 Å². The highest BCUT2D eigenvalue weighted by Crippen LogP contribution is 2.33. The second-order valence-electron chi connectivity index (χ2n) is 4.22. The van der Waals surface area contributed by atoms with E-state index >= 15 is 0 Å². The summed E-state index contributed by atoms with van der Waals surface area (Å²) in [5.41, 5.74) is 4.36. The van der Waals surface area contributed by atoms with Crippen molar-refractivity contribution in [1.82, 2.24) is 5.43 Å². The summed E-state index contributed by atoms with van der Waals surface area (Å²) in [7, 11) is 0. The van der Waals surface area contributed by atoms with Gasteiger partial charge in [0, 0.05) is 16.4 Å². The zero-order valence-electron chi connectivity index (χ0n) is 8.75. The normalized spacial score (nSPS) is 26.5. The minimum atomic E-state index is 0.444. The Morgan fingerprint density at radius 3 is 2.47 bits per heavy atom. The number of hydrogen-bond donors (Lipinski definition) is 2. The van der Waals surface area contributed by atoms with Crippen molar-refractivity contribution in [3.05, 3.63) is 34.3 Å². The fourth-order valence-electron chi connectivity index (χ4n) is 2.44. The highest BCUT2D eigenvalue weighted by atomic mass is 79.9. The van der Waals surface area contributed by atoms with Crippen molar-refractivity contribution in [3.8, 4) is 0 Å². The summed E-state index contributed by atoms with van der Waals surface area (Å²) in [5.74, 6) is 6.18. The molecule has 82 valence electrons. The van der Waals surface area contributed by atoms with Gasteiger partial charge in [-0.15, -0.1) is 0 Å². The monoisotopic (exact) mass is 268 g/mol. The van der Waals surface area contributed by atoms with Gasteiger partial charge in [0.25, 0.3) is 0 Å². The SMILES string of the molecule is NNC1CCCCC1c1ccc(Br)cc1. The van der Waals surface area contributed by atoms with E-state index in [2.05, 4.69) is 45.6 Å². The number of hydrazine groups is 1. The van der Waals surface area contributed by atoms with Gasteiger partial charge in [-0.05, 0) is 30.5 Å². The first kappa shape index (κ1) is 11.1.